The first-order valence-electron chi connectivity index (χ1n) is 8.55. The summed E-state index contributed by atoms with van der Waals surface area (Å²) in [6, 6.07) is 17.1. The summed E-state index contributed by atoms with van der Waals surface area (Å²) in [7, 11) is 0. The maximum atomic E-state index is 12.0. The molecule has 0 unspecified atom stereocenters. The van der Waals surface area contributed by atoms with Crippen molar-refractivity contribution in [3.8, 4) is 6.07 Å². The molecule has 2 rings (SSSR count). The van der Waals surface area contributed by atoms with Gasteiger partial charge in [-0.1, -0.05) is 0 Å². The van der Waals surface area contributed by atoms with Crippen LogP contribution in [-0.4, -0.2) is 25.5 Å². The number of amides is 1. The zero-order valence-electron chi connectivity index (χ0n) is 14.7. The molecule has 0 aliphatic carbocycles. The van der Waals surface area contributed by atoms with Gasteiger partial charge in [-0.2, -0.15) is 5.26 Å². The SMILES string of the molecule is CCN(CC)c1ccc(NCCC(=O)Nc2ccc(C#N)cc2)cc1. The van der Waals surface area contributed by atoms with Crippen LogP contribution in [0.1, 0.15) is 25.8 Å². The first-order valence-corrected chi connectivity index (χ1v) is 8.55. The standard InChI is InChI=1S/C20H24N4O/c1-3-24(4-2)19-11-9-17(10-12-19)22-14-13-20(25)23-18-7-5-16(15-21)6-8-18/h5-12,22H,3-4,13-14H2,1-2H3,(H,23,25). The molecule has 1 amide bonds. The highest BCUT2D eigenvalue weighted by Crippen LogP contribution is 2.17. The van der Waals surface area contributed by atoms with Crippen LogP contribution in [-0.2, 0) is 4.79 Å². The summed E-state index contributed by atoms with van der Waals surface area (Å²) in [5.41, 5.74) is 3.48. The van der Waals surface area contributed by atoms with Gasteiger partial charge in [-0.15, -0.1) is 0 Å². The van der Waals surface area contributed by atoms with E-state index in [2.05, 4.69) is 47.6 Å². The Balaban J connectivity index is 1.77. The van der Waals surface area contributed by atoms with Gasteiger partial charge < -0.3 is 15.5 Å². The molecule has 0 fully saturated rings. The second kappa shape index (κ2) is 9.33. The van der Waals surface area contributed by atoms with E-state index in [1.54, 1.807) is 24.3 Å². The highest BCUT2D eigenvalue weighted by atomic mass is 16.1. The van der Waals surface area contributed by atoms with E-state index < -0.39 is 0 Å². The summed E-state index contributed by atoms with van der Waals surface area (Å²) in [6.07, 6.45) is 0.373. The van der Waals surface area contributed by atoms with Crippen LogP contribution in [0.4, 0.5) is 17.1 Å². The molecular weight excluding hydrogens is 312 g/mol. The van der Waals surface area contributed by atoms with Gasteiger partial charge in [-0.05, 0) is 62.4 Å². The highest BCUT2D eigenvalue weighted by Gasteiger charge is 2.04. The molecule has 0 aliphatic rings. The lowest BCUT2D eigenvalue weighted by molar-refractivity contribution is -0.115. The third-order valence-electron chi connectivity index (χ3n) is 3.97. The number of hydrogen-bond acceptors (Lipinski definition) is 4. The number of hydrogen-bond donors (Lipinski definition) is 2. The molecule has 2 N–H and O–H groups in total. The van der Waals surface area contributed by atoms with Crippen LogP contribution in [0.3, 0.4) is 0 Å². The van der Waals surface area contributed by atoms with Crippen molar-refractivity contribution in [3.05, 3.63) is 54.1 Å². The first-order chi connectivity index (χ1) is 12.2. The number of nitriles is 1. The number of nitrogens with zero attached hydrogens (tertiary/aromatic N) is 2. The third-order valence-corrected chi connectivity index (χ3v) is 3.97. The van der Waals surface area contributed by atoms with Crippen molar-refractivity contribution < 1.29 is 4.79 Å². The van der Waals surface area contributed by atoms with Gasteiger partial charge in [0.05, 0.1) is 11.6 Å². The van der Waals surface area contributed by atoms with Crippen molar-refractivity contribution in [1.29, 1.82) is 5.26 Å². The Morgan fingerprint density at radius 3 is 2.16 bits per heavy atom. The van der Waals surface area contributed by atoms with Gasteiger partial charge in [0.1, 0.15) is 0 Å². The molecule has 0 saturated carbocycles. The summed E-state index contributed by atoms with van der Waals surface area (Å²) < 4.78 is 0. The smallest absolute Gasteiger partial charge is 0.226 e. The van der Waals surface area contributed by atoms with Crippen LogP contribution < -0.4 is 15.5 Å². The van der Waals surface area contributed by atoms with Crippen molar-refractivity contribution in [1.82, 2.24) is 0 Å². The first kappa shape index (κ1) is 18.3. The Hall–Kier alpha value is -3.00. The average molecular weight is 336 g/mol. The Labute approximate surface area is 149 Å². The molecule has 0 heterocycles. The Bertz CT molecular complexity index is 713. The molecule has 2 aromatic carbocycles. The van der Waals surface area contributed by atoms with Gasteiger partial charge in [0.25, 0.3) is 0 Å². The predicted molar refractivity (Wildman–Crippen MR) is 103 cm³/mol. The van der Waals surface area contributed by atoms with Crippen LogP contribution in [0.15, 0.2) is 48.5 Å². The van der Waals surface area contributed by atoms with Crippen LogP contribution in [0.25, 0.3) is 0 Å². The van der Waals surface area contributed by atoms with Gasteiger partial charge in [0, 0.05) is 43.1 Å². The second-order valence-electron chi connectivity index (χ2n) is 5.63. The lowest BCUT2D eigenvalue weighted by Gasteiger charge is -2.21. The molecule has 2 aromatic rings. The summed E-state index contributed by atoms with van der Waals surface area (Å²) in [6.45, 7) is 6.81. The number of anilines is 3. The van der Waals surface area contributed by atoms with Crippen LogP contribution in [0, 0.1) is 11.3 Å². The van der Waals surface area contributed by atoms with Crippen molar-refractivity contribution in [2.75, 3.05) is 35.2 Å². The number of carbonyl (C=O) groups excluding carboxylic acids is 1. The number of benzene rings is 2. The fraction of sp³-hybridized carbons (Fsp3) is 0.300. The van der Waals surface area contributed by atoms with Gasteiger partial charge in [-0.25, -0.2) is 0 Å². The molecule has 130 valence electrons. The van der Waals surface area contributed by atoms with Gasteiger partial charge >= 0.3 is 0 Å². The molecule has 0 spiro atoms. The average Bonchev–Trinajstić information content (AvgIpc) is 2.64. The number of nitrogens with one attached hydrogen (secondary N) is 2. The second-order valence-corrected chi connectivity index (χ2v) is 5.63. The molecule has 0 bridgehead atoms. The summed E-state index contributed by atoms with van der Waals surface area (Å²) >= 11 is 0. The van der Waals surface area contributed by atoms with E-state index in [1.807, 2.05) is 12.1 Å². The van der Waals surface area contributed by atoms with Crippen molar-refractivity contribution >= 4 is 23.0 Å². The van der Waals surface area contributed by atoms with E-state index in [1.165, 1.54) is 5.69 Å². The molecule has 0 saturated heterocycles. The van der Waals surface area contributed by atoms with Crippen LogP contribution in [0.2, 0.25) is 0 Å². The Morgan fingerprint density at radius 2 is 1.60 bits per heavy atom. The lowest BCUT2D eigenvalue weighted by atomic mass is 10.2. The minimum absolute atomic E-state index is 0.0584. The van der Waals surface area contributed by atoms with Crippen molar-refractivity contribution in [3.63, 3.8) is 0 Å². The van der Waals surface area contributed by atoms with Crippen molar-refractivity contribution in [2.45, 2.75) is 20.3 Å². The van der Waals surface area contributed by atoms with E-state index in [0.29, 0.717) is 24.2 Å². The van der Waals surface area contributed by atoms with E-state index in [0.717, 1.165) is 18.8 Å². The number of rotatable bonds is 8. The minimum atomic E-state index is -0.0584. The fourth-order valence-electron chi connectivity index (χ4n) is 2.55. The summed E-state index contributed by atoms with van der Waals surface area (Å²) in [5.74, 6) is -0.0584. The van der Waals surface area contributed by atoms with E-state index in [-0.39, 0.29) is 5.91 Å². The quantitative estimate of drug-likeness (QED) is 0.768. The van der Waals surface area contributed by atoms with E-state index >= 15 is 0 Å². The maximum absolute atomic E-state index is 12.0. The zero-order chi connectivity index (χ0) is 18.1. The molecule has 0 aliphatic heterocycles. The molecule has 5 nitrogen and oxygen atoms in total. The fourth-order valence-corrected chi connectivity index (χ4v) is 2.55. The van der Waals surface area contributed by atoms with E-state index in [9.17, 15) is 4.79 Å². The minimum Gasteiger partial charge on any atom is -0.385 e. The largest absolute Gasteiger partial charge is 0.385 e. The van der Waals surface area contributed by atoms with E-state index in [4.69, 9.17) is 5.26 Å². The third kappa shape index (κ3) is 5.54. The van der Waals surface area contributed by atoms with Gasteiger partial charge in [0.2, 0.25) is 5.91 Å². The Morgan fingerprint density at radius 1 is 1.00 bits per heavy atom. The molecule has 25 heavy (non-hydrogen) atoms. The monoisotopic (exact) mass is 336 g/mol. The lowest BCUT2D eigenvalue weighted by Crippen LogP contribution is -2.21. The molecular formula is C20H24N4O. The normalized spacial score (nSPS) is 9.96. The zero-order valence-corrected chi connectivity index (χ0v) is 14.7. The Kier molecular flexibility index (Phi) is 6.85. The van der Waals surface area contributed by atoms with Gasteiger partial charge in [0.15, 0.2) is 0 Å². The molecule has 0 radical (unpaired) electrons. The molecule has 0 atom stereocenters. The molecule has 0 aromatic heterocycles. The predicted octanol–water partition coefficient (Wildman–Crippen LogP) is 3.85. The van der Waals surface area contributed by atoms with Crippen molar-refractivity contribution in [2.24, 2.45) is 0 Å². The topological polar surface area (TPSA) is 68.2 Å². The van der Waals surface area contributed by atoms with Crippen LogP contribution >= 0.6 is 0 Å². The number of carbonyl (C=O) groups is 1. The maximum Gasteiger partial charge on any atom is 0.226 e. The highest BCUT2D eigenvalue weighted by molar-refractivity contribution is 5.91. The molecule has 5 heteroatoms. The van der Waals surface area contributed by atoms with Crippen LogP contribution in [0.5, 0.6) is 0 Å². The van der Waals surface area contributed by atoms with Gasteiger partial charge in [-0.3, -0.25) is 4.79 Å². The summed E-state index contributed by atoms with van der Waals surface area (Å²) in [5, 5.41) is 14.8. The summed E-state index contributed by atoms with van der Waals surface area (Å²) in [4.78, 5) is 14.2.